The molecule has 2 aliphatic rings. The maximum Gasteiger partial charge on any atom is 0.315 e. The molecule has 0 bridgehead atoms. The summed E-state index contributed by atoms with van der Waals surface area (Å²) in [6.45, 7) is 1.77. The van der Waals surface area contributed by atoms with Crippen LogP contribution in [0.5, 0.6) is 5.75 Å². The maximum absolute atomic E-state index is 12.2. The van der Waals surface area contributed by atoms with Crippen molar-refractivity contribution in [2.75, 3.05) is 19.7 Å². The van der Waals surface area contributed by atoms with Gasteiger partial charge in [0.2, 0.25) is 0 Å². The van der Waals surface area contributed by atoms with E-state index >= 15 is 0 Å². The Kier molecular flexibility index (Phi) is 3.94. The minimum Gasteiger partial charge on any atom is -0.492 e. The molecule has 2 aliphatic heterocycles. The van der Waals surface area contributed by atoms with Gasteiger partial charge in [-0.1, -0.05) is 53.7 Å². The SMILES string of the molecule is O=C(O)[C@]12COc3ccccc3[C@H]1CN(Cc1cc(-c3ccccc3)no1)C2. The van der Waals surface area contributed by atoms with Crippen LogP contribution in [0.25, 0.3) is 11.3 Å². The van der Waals surface area contributed by atoms with Gasteiger partial charge in [0.05, 0.1) is 6.54 Å². The number of hydrogen-bond donors (Lipinski definition) is 1. The Morgan fingerprint density at radius 3 is 2.79 bits per heavy atom. The third-order valence-electron chi connectivity index (χ3n) is 5.83. The predicted octanol–water partition coefficient (Wildman–Crippen LogP) is 3.40. The zero-order valence-corrected chi connectivity index (χ0v) is 15.2. The average molecular weight is 376 g/mol. The lowest BCUT2D eigenvalue weighted by Gasteiger charge is -2.35. The summed E-state index contributed by atoms with van der Waals surface area (Å²) in [7, 11) is 0. The largest absolute Gasteiger partial charge is 0.492 e. The van der Waals surface area contributed by atoms with Crippen LogP contribution in [-0.2, 0) is 11.3 Å². The van der Waals surface area contributed by atoms with Gasteiger partial charge in [0.15, 0.2) is 5.76 Å². The minimum atomic E-state index is -0.934. The second-order valence-corrected chi connectivity index (χ2v) is 7.55. The zero-order chi connectivity index (χ0) is 19.1. The van der Waals surface area contributed by atoms with Crippen molar-refractivity contribution < 1.29 is 19.2 Å². The molecule has 0 amide bonds. The molecule has 0 saturated carbocycles. The van der Waals surface area contributed by atoms with E-state index in [4.69, 9.17) is 9.26 Å². The van der Waals surface area contributed by atoms with Crippen LogP contribution in [0.3, 0.4) is 0 Å². The molecule has 6 nitrogen and oxygen atoms in total. The first-order chi connectivity index (χ1) is 13.7. The first-order valence-corrected chi connectivity index (χ1v) is 9.34. The fourth-order valence-corrected chi connectivity index (χ4v) is 4.41. The van der Waals surface area contributed by atoms with Crippen LogP contribution in [0.2, 0.25) is 0 Å². The molecule has 5 rings (SSSR count). The smallest absolute Gasteiger partial charge is 0.315 e. The van der Waals surface area contributed by atoms with Crippen molar-refractivity contribution >= 4 is 5.97 Å². The minimum absolute atomic E-state index is 0.105. The Labute approximate surface area is 162 Å². The highest BCUT2D eigenvalue weighted by molar-refractivity contribution is 5.78. The predicted molar refractivity (Wildman–Crippen MR) is 102 cm³/mol. The number of nitrogens with zero attached hydrogens (tertiary/aromatic N) is 2. The first-order valence-electron chi connectivity index (χ1n) is 9.34. The molecule has 1 aromatic heterocycles. The average Bonchev–Trinajstić information content (AvgIpc) is 3.34. The van der Waals surface area contributed by atoms with Crippen molar-refractivity contribution in [3.05, 3.63) is 72.0 Å². The third-order valence-corrected chi connectivity index (χ3v) is 5.83. The fourth-order valence-electron chi connectivity index (χ4n) is 4.41. The van der Waals surface area contributed by atoms with Crippen LogP contribution >= 0.6 is 0 Å². The van der Waals surface area contributed by atoms with E-state index in [2.05, 4.69) is 10.1 Å². The highest BCUT2D eigenvalue weighted by Gasteiger charge is 2.56. The van der Waals surface area contributed by atoms with Gasteiger partial charge in [-0.15, -0.1) is 0 Å². The second-order valence-electron chi connectivity index (χ2n) is 7.55. The van der Waals surface area contributed by atoms with E-state index < -0.39 is 11.4 Å². The third kappa shape index (κ3) is 2.68. The van der Waals surface area contributed by atoms with Gasteiger partial charge >= 0.3 is 5.97 Å². The Morgan fingerprint density at radius 2 is 1.96 bits per heavy atom. The molecule has 0 unspecified atom stereocenters. The lowest BCUT2D eigenvalue weighted by atomic mass is 9.73. The highest BCUT2D eigenvalue weighted by Crippen LogP contribution is 2.50. The standard InChI is InChI=1S/C22H20N2O4/c25-21(26)22-13-24(12-18(22)17-8-4-5-9-20(17)27-14-22)11-16-10-19(23-28-16)15-6-2-1-3-7-15/h1-10,18H,11-14H2,(H,25,26)/t18-,22-/m1/s1. The second kappa shape index (κ2) is 6.49. The number of para-hydroxylation sites is 1. The summed E-state index contributed by atoms with van der Waals surface area (Å²) in [6, 6.07) is 19.5. The molecule has 1 saturated heterocycles. The van der Waals surface area contributed by atoms with Crippen molar-refractivity contribution in [2.45, 2.75) is 12.5 Å². The molecule has 28 heavy (non-hydrogen) atoms. The number of ether oxygens (including phenoxy) is 1. The molecule has 2 aromatic carbocycles. The number of aromatic nitrogens is 1. The van der Waals surface area contributed by atoms with Gasteiger partial charge in [0, 0.05) is 30.6 Å². The normalized spacial score (nSPS) is 23.6. The van der Waals surface area contributed by atoms with E-state index in [0.29, 0.717) is 19.6 Å². The molecule has 1 fully saturated rings. The summed E-state index contributed by atoms with van der Waals surface area (Å²) >= 11 is 0. The molecule has 0 spiro atoms. The topological polar surface area (TPSA) is 75.8 Å². The molecule has 6 heteroatoms. The van der Waals surface area contributed by atoms with Gasteiger partial charge in [-0.05, 0) is 11.6 Å². The number of carboxylic acid groups (broad SMARTS) is 1. The number of benzene rings is 2. The molecule has 0 aliphatic carbocycles. The van der Waals surface area contributed by atoms with Gasteiger partial charge < -0.3 is 14.4 Å². The van der Waals surface area contributed by atoms with Gasteiger partial charge in [-0.2, -0.15) is 0 Å². The highest BCUT2D eigenvalue weighted by atomic mass is 16.5. The maximum atomic E-state index is 12.2. The number of carbonyl (C=O) groups is 1. The Balaban J connectivity index is 1.40. The Bertz CT molecular complexity index is 1020. The van der Waals surface area contributed by atoms with Crippen LogP contribution in [0, 0.1) is 5.41 Å². The van der Waals surface area contributed by atoms with Crippen molar-refractivity contribution in [1.29, 1.82) is 0 Å². The van der Waals surface area contributed by atoms with Gasteiger partial charge in [-0.3, -0.25) is 9.69 Å². The van der Waals surface area contributed by atoms with Crippen LogP contribution < -0.4 is 4.74 Å². The zero-order valence-electron chi connectivity index (χ0n) is 15.2. The van der Waals surface area contributed by atoms with Crippen LogP contribution in [0.15, 0.2) is 65.2 Å². The van der Waals surface area contributed by atoms with Gasteiger partial charge in [0.25, 0.3) is 0 Å². The van der Waals surface area contributed by atoms with Crippen LogP contribution in [0.4, 0.5) is 0 Å². The number of rotatable bonds is 4. The van der Waals surface area contributed by atoms with Crippen molar-refractivity contribution in [1.82, 2.24) is 10.1 Å². The number of carboxylic acids is 1. The van der Waals surface area contributed by atoms with Crippen molar-refractivity contribution in [2.24, 2.45) is 5.41 Å². The summed E-state index contributed by atoms with van der Waals surface area (Å²) in [5.41, 5.74) is 1.82. The van der Waals surface area contributed by atoms with Crippen LogP contribution in [0.1, 0.15) is 17.2 Å². The molecule has 1 N–H and O–H groups in total. The number of aliphatic carboxylic acids is 1. The van der Waals surface area contributed by atoms with Gasteiger partial charge in [-0.25, -0.2) is 0 Å². The van der Waals surface area contributed by atoms with E-state index in [1.54, 1.807) is 0 Å². The first kappa shape index (κ1) is 17.0. The molecule has 3 aromatic rings. The molecular formula is C22H20N2O4. The lowest BCUT2D eigenvalue weighted by molar-refractivity contribution is -0.151. The van der Waals surface area contributed by atoms with Gasteiger partial charge in [0.1, 0.15) is 23.5 Å². The summed E-state index contributed by atoms with van der Waals surface area (Å²) in [5.74, 6) is 0.605. The number of hydrogen-bond acceptors (Lipinski definition) is 5. The van der Waals surface area contributed by atoms with E-state index in [9.17, 15) is 9.90 Å². The summed E-state index contributed by atoms with van der Waals surface area (Å²) in [5, 5.41) is 14.2. The fraction of sp³-hybridized carbons (Fsp3) is 0.273. The number of likely N-dealkylation sites (tertiary alicyclic amines) is 1. The quantitative estimate of drug-likeness (QED) is 0.752. The molecule has 142 valence electrons. The van der Waals surface area contributed by atoms with E-state index in [1.807, 2.05) is 60.7 Å². The number of fused-ring (bicyclic) bond motifs is 3. The molecule has 3 heterocycles. The Hall–Kier alpha value is -3.12. The lowest BCUT2D eigenvalue weighted by Crippen LogP contribution is -2.45. The molecule has 0 radical (unpaired) electrons. The van der Waals surface area contributed by atoms with Crippen molar-refractivity contribution in [3.8, 4) is 17.0 Å². The van der Waals surface area contributed by atoms with E-state index in [1.165, 1.54) is 0 Å². The van der Waals surface area contributed by atoms with E-state index in [-0.39, 0.29) is 12.5 Å². The molecule has 2 atom stereocenters. The summed E-state index contributed by atoms with van der Waals surface area (Å²) < 4.78 is 11.3. The molecular weight excluding hydrogens is 356 g/mol. The van der Waals surface area contributed by atoms with Crippen LogP contribution in [-0.4, -0.2) is 40.8 Å². The monoisotopic (exact) mass is 376 g/mol. The Morgan fingerprint density at radius 1 is 1.18 bits per heavy atom. The van der Waals surface area contributed by atoms with Crippen molar-refractivity contribution in [3.63, 3.8) is 0 Å². The summed E-state index contributed by atoms with van der Waals surface area (Å²) in [6.07, 6.45) is 0. The van der Waals surface area contributed by atoms with E-state index in [0.717, 1.165) is 28.3 Å². The summed E-state index contributed by atoms with van der Waals surface area (Å²) in [4.78, 5) is 14.3.